The Morgan fingerprint density at radius 1 is 1.15 bits per heavy atom. The number of nitrogens with zero attached hydrogens (tertiary/aromatic N) is 1. The fourth-order valence-electron chi connectivity index (χ4n) is 2.46. The van der Waals surface area contributed by atoms with Crippen LogP contribution in [-0.4, -0.2) is 19.1 Å². The number of carbonyl (C=O) groups is 1. The van der Waals surface area contributed by atoms with Crippen molar-refractivity contribution < 1.29 is 18.1 Å². The van der Waals surface area contributed by atoms with Gasteiger partial charge in [0.05, 0.1) is 15.9 Å². The molecule has 2 rings (SSSR count). The number of non-ortho nitro benzene ring substituents is 1. The molecule has 0 aliphatic carbocycles. The quantitative estimate of drug-likeness (QED) is 0.423. The molecule has 0 unspecified atom stereocenters. The Bertz CT molecular complexity index is 964. The zero-order chi connectivity index (χ0) is 20.2. The summed E-state index contributed by atoms with van der Waals surface area (Å²) in [5.74, 6) is -0.301. The fraction of sp³-hybridized carbons (Fsp3) is 0.211. The van der Waals surface area contributed by atoms with E-state index in [4.69, 9.17) is 0 Å². The minimum Gasteiger partial charge on any atom is -0.295 e. The molecule has 0 spiro atoms. The smallest absolute Gasteiger partial charge is 0.269 e. The van der Waals surface area contributed by atoms with Gasteiger partial charge in [0.2, 0.25) is 10.0 Å². The molecule has 0 aromatic heterocycles. The largest absolute Gasteiger partial charge is 0.295 e. The second kappa shape index (κ2) is 8.24. The van der Waals surface area contributed by atoms with Gasteiger partial charge in [-0.15, -0.1) is 0 Å². The van der Waals surface area contributed by atoms with Gasteiger partial charge in [-0.2, -0.15) is 4.72 Å². The summed E-state index contributed by atoms with van der Waals surface area (Å²) in [4.78, 5) is 22.5. The number of sulfonamides is 1. The summed E-state index contributed by atoms with van der Waals surface area (Å²) in [7, 11) is -3.93. The lowest BCUT2D eigenvalue weighted by Gasteiger charge is -2.21. The van der Waals surface area contributed by atoms with Gasteiger partial charge in [0, 0.05) is 24.1 Å². The third-order valence-electron chi connectivity index (χ3n) is 4.07. The maximum absolute atomic E-state index is 12.7. The topological polar surface area (TPSA) is 106 Å². The Kier molecular flexibility index (Phi) is 6.24. The molecule has 0 radical (unpaired) electrons. The Labute approximate surface area is 157 Å². The second-order valence-electron chi connectivity index (χ2n) is 6.02. The number of ketones is 1. The normalized spacial score (nSPS) is 12.4. The van der Waals surface area contributed by atoms with Crippen LogP contribution in [0, 0.1) is 17.0 Å². The molecule has 2 aromatic rings. The molecule has 0 aliphatic rings. The van der Waals surface area contributed by atoms with E-state index in [1.165, 1.54) is 36.4 Å². The molecule has 0 aliphatic heterocycles. The Balaban J connectivity index is 2.43. The molecule has 0 amide bonds. The van der Waals surface area contributed by atoms with Crippen molar-refractivity contribution in [3.63, 3.8) is 0 Å². The lowest BCUT2D eigenvalue weighted by Crippen LogP contribution is -2.31. The molecule has 0 bridgehead atoms. The molecule has 0 heterocycles. The van der Waals surface area contributed by atoms with Crippen molar-refractivity contribution in [2.24, 2.45) is 0 Å². The first kappa shape index (κ1) is 20.5. The van der Waals surface area contributed by atoms with Gasteiger partial charge in [0.1, 0.15) is 0 Å². The van der Waals surface area contributed by atoms with E-state index in [0.29, 0.717) is 5.56 Å². The minimum atomic E-state index is -3.93. The summed E-state index contributed by atoms with van der Waals surface area (Å²) in [5, 5.41) is 10.8. The van der Waals surface area contributed by atoms with Gasteiger partial charge in [0.25, 0.3) is 5.69 Å². The number of nitro benzene ring substituents is 1. The molecule has 7 nitrogen and oxygen atoms in total. The monoisotopic (exact) mass is 388 g/mol. The average Bonchev–Trinajstić information content (AvgIpc) is 2.65. The first-order valence-electron chi connectivity index (χ1n) is 8.21. The Hall–Kier alpha value is -2.84. The standard InChI is InChI=1S/C19H20N2O5S/c1-4-18(22)14(3)19(15-7-9-16(10-8-15)21(23)24)20-27(25,26)17-11-5-13(2)6-12-17/h5-12,19-20H,3-4H2,1-2H3/t19-/m1/s1. The molecule has 1 atom stereocenters. The van der Waals surface area contributed by atoms with E-state index in [1.807, 2.05) is 6.92 Å². The van der Waals surface area contributed by atoms with Crippen LogP contribution >= 0.6 is 0 Å². The average molecular weight is 388 g/mol. The summed E-state index contributed by atoms with van der Waals surface area (Å²) in [6, 6.07) is 10.6. The van der Waals surface area contributed by atoms with E-state index in [9.17, 15) is 23.3 Å². The van der Waals surface area contributed by atoms with Crippen LogP contribution < -0.4 is 4.72 Å². The highest BCUT2D eigenvalue weighted by Gasteiger charge is 2.26. The minimum absolute atomic E-state index is 0.0526. The van der Waals surface area contributed by atoms with Gasteiger partial charge in [0.15, 0.2) is 5.78 Å². The van der Waals surface area contributed by atoms with E-state index in [2.05, 4.69) is 11.3 Å². The Morgan fingerprint density at radius 3 is 2.19 bits per heavy atom. The number of rotatable bonds is 8. The summed E-state index contributed by atoms with van der Waals surface area (Å²) in [5.41, 5.74) is 1.24. The molecular weight excluding hydrogens is 368 g/mol. The van der Waals surface area contributed by atoms with Crippen molar-refractivity contribution in [3.05, 3.63) is 81.9 Å². The number of hydrogen-bond acceptors (Lipinski definition) is 5. The van der Waals surface area contributed by atoms with Crippen LogP contribution in [-0.2, 0) is 14.8 Å². The van der Waals surface area contributed by atoms with Crippen LogP contribution in [0.3, 0.4) is 0 Å². The van der Waals surface area contributed by atoms with Gasteiger partial charge in [-0.3, -0.25) is 14.9 Å². The van der Waals surface area contributed by atoms with E-state index in [-0.39, 0.29) is 28.4 Å². The molecule has 0 saturated heterocycles. The summed E-state index contributed by atoms with van der Waals surface area (Å²) >= 11 is 0. The lowest BCUT2D eigenvalue weighted by atomic mass is 9.96. The predicted octanol–water partition coefficient (Wildman–Crippen LogP) is 3.46. The number of nitrogens with one attached hydrogen (secondary N) is 1. The number of benzene rings is 2. The van der Waals surface area contributed by atoms with Crippen LogP contribution in [0.4, 0.5) is 5.69 Å². The first-order chi connectivity index (χ1) is 12.7. The van der Waals surface area contributed by atoms with Crippen molar-refractivity contribution in [2.75, 3.05) is 0 Å². The summed E-state index contributed by atoms with van der Waals surface area (Å²) in [6.07, 6.45) is 0.161. The van der Waals surface area contributed by atoms with Crippen molar-refractivity contribution in [1.29, 1.82) is 0 Å². The number of aryl methyl sites for hydroxylation is 1. The highest BCUT2D eigenvalue weighted by atomic mass is 32.2. The Morgan fingerprint density at radius 2 is 1.70 bits per heavy atom. The van der Waals surface area contributed by atoms with E-state index in [0.717, 1.165) is 5.56 Å². The van der Waals surface area contributed by atoms with Crippen molar-refractivity contribution >= 4 is 21.5 Å². The predicted molar refractivity (Wildman–Crippen MR) is 102 cm³/mol. The van der Waals surface area contributed by atoms with E-state index in [1.54, 1.807) is 19.1 Å². The maximum Gasteiger partial charge on any atom is 0.269 e. The van der Waals surface area contributed by atoms with Gasteiger partial charge in [-0.1, -0.05) is 43.3 Å². The van der Waals surface area contributed by atoms with Crippen LogP contribution in [0.15, 0.2) is 65.6 Å². The zero-order valence-electron chi connectivity index (χ0n) is 15.0. The number of nitro groups is 1. The maximum atomic E-state index is 12.7. The SMILES string of the molecule is C=C(C(=O)CC)[C@@H](NS(=O)(=O)c1ccc(C)cc1)c1ccc([N+](=O)[O-])cc1. The first-order valence-corrected chi connectivity index (χ1v) is 9.69. The summed E-state index contributed by atoms with van der Waals surface area (Å²) in [6.45, 7) is 7.23. The molecule has 2 aromatic carbocycles. The molecule has 1 N–H and O–H groups in total. The molecule has 0 fully saturated rings. The van der Waals surface area contributed by atoms with Crippen molar-refractivity contribution in [2.45, 2.75) is 31.2 Å². The third-order valence-corrected chi connectivity index (χ3v) is 5.51. The number of carbonyl (C=O) groups excluding carboxylic acids is 1. The number of hydrogen-bond donors (Lipinski definition) is 1. The van der Waals surface area contributed by atoms with Gasteiger partial charge < -0.3 is 0 Å². The van der Waals surface area contributed by atoms with E-state index >= 15 is 0 Å². The van der Waals surface area contributed by atoms with Crippen LogP contribution in [0.25, 0.3) is 0 Å². The van der Waals surface area contributed by atoms with Gasteiger partial charge in [-0.05, 0) is 24.6 Å². The van der Waals surface area contributed by atoms with Crippen molar-refractivity contribution in [3.8, 4) is 0 Å². The summed E-state index contributed by atoms with van der Waals surface area (Å²) < 4.78 is 28.0. The third kappa shape index (κ3) is 4.87. The number of Topliss-reactive ketones (excluding diaryl/α,β-unsaturated/α-hetero) is 1. The highest BCUT2D eigenvalue weighted by molar-refractivity contribution is 7.89. The van der Waals surface area contributed by atoms with Crippen LogP contribution in [0.2, 0.25) is 0 Å². The highest BCUT2D eigenvalue weighted by Crippen LogP contribution is 2.26. The van der Waals surface area contributed by atoms with Gasteiger partial charge >= 0.3 is 0 Å². The van der Waals surface area contributed by atoms with Gasteiger partial charge in [-0.25, -0.2) is 8.42 Å². The fourth-order valence-corrected chi connectivity index (χ4v) is 3.68. The molecule has 0 saturated carbocycles. The molecular formula is C19H20N2O5S. The molecule has 8 heteroatoms. The molecule has 142 valence electrons. The van der Waals surface area contributed by atoms with E-state index < -0.39 is 21.0 Å². The van der Waals surface area contributed by atoms with Crippen LogP contribution in [0.5, 0.6) is 0 Å². The zero-order valence-corrected chi connectivity index (χ0v) is 15.8. The lowest BCUT2D eigenvalue weighted by molar-refractivity contribution is -0.384. The van der Waals surface area contributed by atoms with Crippen molar-refractivity contribution in [1.82, 2.24) is 4.72 Å². The molecule has 27 heavy (non-hydrogen) atoms. The second-order valence-corrected chi connectivity index (χ2v) is 7.73. The van der Waals surface area contributed by atoms with Crippen LogP contribution in [0.1, 0.15) is 30.5 Å².